The fourth-order valence-corrected chi connectivity index (χ4v) is 2.97. The first-order valence-electron chi connectivity index (χ1n) is 5.61. The van der Waals surface area contributed by atoms with E-state index in [1.54, 1.807) is 36.4 Å². The van der Waals surface area contributed by atoms with Gasteiger partial charge in [0.05, 0.1) is 4.90 Å². The molecule has 1 heterocycles. The second kappa shape index (κ2) is 5.30. The van der Waals surface area contributed by atoms with Gasteiger partial charge in [0, 0.05) is 0 Å². The number of aromatic nitrogens is 1. The Bertz CT molecular complexity index is 714. The Balaban J connectivity index is 2.35. The van der Waals surface area contributed by atoms with Crippen molar-refractivity contribution >= 4 is 31.8 Å². The van der Waals surface area contributed by atoms with Crippen molar-refractivity contribution < 1.29 is 8.42 Å². The minimum absolute atomic E-state index is 0.234. The van der Waals surface area contributed by atoms with Gasteiger partial charge in [0.1, 0.15) is 10.4 Å². The van der Waals surface area contributed by atoms with Crippen LogP contribution in [-0.2, 0) is 10.0 Å². The summed E-state index contributed by atoms with van der Waals surface area (Å²) in [6, 6.07) is 10.1. The lowest BCUT2D eigenvalue weighted by Gasteiger charge is -2.09. The van der Waals surface area contributed by atoms with E-state index < -0.39 is 10.0 Å². The molecule has 0 amide bonds. The second-order valence-electron chi connectivity index (χ2n) is 4.20. The summed E-state index contributed by atoms with van der Waals surface area (Å²) in [5.74, 6) is 0.285. The number of benzene rings is 1. The molecule has 0 aliphatic rings. The molecule has 19 heavy (non-hydrogen) atoms. The number of sulfonamides is 1. The largest absolute Gasteiger partial charge is 0.263 e. The van der Waals surface area contributed by atoms with Gasteiger partial charge in [-0.2, -0.15) is 0 Å². The van der Waals surface area contributed by atoms with E-state index in [2.05, 4.69) is 25.6 Å². The lowest BCUT2D eigenvalue weighted by molar-refractivity contribution is 0.601. The number of nitrogens with one attached hydrogen (secondary N) is 1. The summed E-state index contributed by atoms with van der Waals surface area (Å²) in [5, 5.41) is 0. The molecule has 0 fully saturated rings. The lowest BCUT2D eigenvalue weighted by Crippen LogP contribution is -2.14. The molecule has 0 saturated heterocycles. The van der Waals surface area contributed by atoms with Gasteiger partial charge in [-0.3, -0.25) is 4.72 Å². The van der Waals surface area contributed by atoms with Gasteiger partial charge >= 0.3 is 0 Å². The predicted molar refractivity (Wildman–Crippen MR) is 78.7 cm³/mol. The highest BCUT2D eigenvalue weighted by atomic mass is 79.9. The number of anilines is 1. The Labute approximate surface area is 121 Å². The molecule has 4 nitrogen and oxygen atoms in total. The summed E-state index contributed by atoms with van der Waals surface area (Å²) in [6.07, 6.45) is 0. The van der Waals surface area contributed by atoms with Crippen LogP contribution in [0.1, 0.15) is 11.1 Å². The summed E-state index contributed by atoms with van der Waals surface area (Å²) in [7, 11) is -3.60. The fraction of sp³-hybridized carbons (Fsp3) is 0.154. The van der Waals surface area contributed by atoms with Crippen LogP contribution in [0.15, 0.2) is 45.9 Å². The fourth-order valence-electron chi connectivity index (χ4n) is 1.54. The monoisotopic (exact) mass is 340 g/mol. The molecule has 1 aromatic carbocycles. The maximum absolute atomic E-state index is 12.2. The molecule has 2 rings (SSSR count). The highest BCUT2D eigenvalue weighted by Gasteiger charge is 2.15. The number of hydrogen-bond acceptors (Lipinski definition) is 3. The maximum Gasteiger partial charge on any atom is 0.263 e. The zero-order valence-corrected chi connectivity index (χ0v) is 12.9. The highest BCUT2D eigenvalue weighted by Crippen LogP contribution is 2.18. The highest BCUT2D eigenvalue weighted by molar-refractivity contribution is 9.10. The third-order valence-corrected chi connectivity index (χ3v) is 4.54. The molecular weight excluding hydrogens is 328 g/mol. The Kier molecular flexibility index (Phi) is 3.91. The average molecular weight is 341 g/mol. The van der Waals surface area contributed by atoms with Gasteiger partial charge in [-0.1, -0.05) is 12.1 Å². The van der Waals surface area contributed by atoms with E-state index in [0.29, 0.717) is 4.60 Å². The van der Waals surface area contributed by atoms with Crippen LogP contribution in [-0.4, -0.2) is 13.4 Å². The van der Waals surface area contributed by atoms with Crippen LogP contribution in [0.2, 0.25) is 0 Å². The van der Waals surface area contributed by atoms with E-state index in [1.165, 1.54) is 0 Å². The normalized spacial score (nSPS) is 11.3. The second-order valence-corrected chi connectivity index (χ2v) is 6.69. The van der Waals surface area contributed by atoms with Gasteiger partial charge < -0.3 is 0 Å². The van der Waals surface area contributed by atoms with Gasteiger partial charge in [-0.05, 0) is 65.2 Å². The number of hydrogen-bond donors (Lipinski definition) is 1. The summed E-state index contributed by atoms with van der Waals surface area (Å²) in [6.45, 7) is 3.82. The molecule has 0 bridgehead atoms. The van der Waals surface area contributed by atoms with E-state index in [1.807, 2.05) is 13.8 Å². The number of rotatable bonds is 3. The standard InChI is InChI=1S/C13H13BrN2O2S/c1-9-6-7-11(8-10(9)2)19(17,18)16-13-5-3-4-12(14)15-13/h3-8H,1-2H3,(H,15,16). The van der Waals surface area contributed by atoms with E-state index in [4.69, 9.17) is 0 Å². The quantitative estimate of drug-likeness (QED) is 0.872. The summed E-state index contributed by atoms with van der Waals surface area (Å²) in [4.78, 5) is 4.28. The van der Waals surface area contributed by atoms with Crippen molar-refractivity contribution in [3.05, 3.63) is 52.1 Å². The Hall–Kier alpha value is -1.40. The number of aryl methyl sites for hydroxylation is 2. The molecule has 6 heteroatoms. The first-order chi connectivity index (χ1) is 8.88. The number of halogens is 1. The minimum atomic E-state index is -3.60. The van der Waals surface area contributed by atoms with Crippen LogP contribution < -0.4 is 4.72 Å². The van der Waals surface area contributed by atoms with Crippen LogP contribution in [0.25, 0.3) is 0 Å². The average Bonchev–Trinajstić information content (AvgIpc) is 2.32. The Morgan fingerprint density at radius 1 is 1.11 bits per heavy atom. The molecule has 0 aliphatic heterocycles. The molecule has 0 atom stereocenters. The van der Waals surface area contributed by atoms with Gasteiger partial charge in [-0.15, -0.1) is 0 Å². The molecule has 0 saturated carbocycles. The van der Waals surface area contributed by atoms with Crippen LogP contribution >= 0.6 is 15.9 Å². The van der Waals surface area contributed by atoms with Crippen molar-refractivity contribution in [2.24, 2.45) is 0 Å². The van der Waals surface area contributed by atoms with Crippen molar-refractivity contribution in [2.75, 3.05) is 4.72 Å². The van der Waals surface area contributed by atoms with Crippen molar-refractivity contribution in [3.63, 3.8) is 0 Å². The molecule has 100 valence electrons. The van der Waals surface area contributed by atoms with Gasteiger partial charge in [0.2, 0.25) is 0 Å². The van der Waals surface area contributed by atoms with E-state index in [9.17, 15) is 8.42 Å². The van der Waals surface area contributed by atoms with Crippen LogP contribution in [0.4, 0.5) is 5.82 Å². The number of nitrogens with zero attached hydrogens (tertiary/aromatic N) is 1. The van der Waals surface area contributed by atoms with Crippen molar-refractivity contribution in [3.8, 4) is 0 Å². The predicted octanol–water partition coefficient (Wildman–Crippen LogP) is 3.26. The van der Waals surface area contributed by atoms with E-state index in [0.717, 1.165) is 11.1 Å². The van der Waals surface area contributed by atoms with Crippen molar-refractivity contribution in [1.29, 1.82) is 0 Å². The topological polar surface area (TPSA) is 59.1 Å². The van der Waals surface area contributed by atoms with Crippen LogP contribution in [0.5, 0.6) is 0 Å². The number of pyridine rings is 1. The molecule has 2 aromatic rings. The smallest absolute Gasteiger partial charge is 0.263 e. The Morgan fingerprint density at radius 2 is 1.84 bits per heavy atom. The maximum atomic E-state index is 12.2. The Morgan fingerprint density at radius 3 is 2.47 bits per heavy atom. The van der Waals surface area contributed by atoms with Gasteiger partial charge in [0.15, 0.2) is 0 Å². The zero-order chi connectivity index (χ0) is 14.0. The zero-order valence-electron chi connectivity index (χ0n) is 10.5. The van der Waals surface area contributed by atoms with Crippen molar-refractivity contribution in [1.82, 2.24) is 4.98 Å². The molecule has 0 radical (unpaired) electrons. The molecular formula is C13H13BrN2O2S. The SMILES string of the molecule is Cc1ccc(S(=O)(=O)Nc2cccc(Br)n2)cc1C. The molecule has 1 N–H and O–H groups in total. The first kappa shape index (κ1) is 14.0. The summed E-state index contributed by atoms with van der Waals surface area (Å²) < 4.78 is 27.4. The molecule has 0 spiro atoms. The van der Waals surface area contributed by atoms with E-state index in [-0.39, 0.29) is 10.7 Å². The van der Waals surface area contributed by atoms with E-state index >= 15 is 0 Å². The first-order valence-corrected chi connectivity index (χ1v) is 7.89. The van der Waals surface area contributed by atoms with Crippen molar-refractivity contribution in [2.45, 2.75) is 18.7 Å². The third kappa shape index (κ3) is 3.33. The van der Waals surface area contributed by atoms with Crippen LogP contribution in [0, 0.1) is 13.8 Å². The molecule has 0 aliphatic carbocycles. The molecule has 1 aromatic heterocycles. The lowest BCUT2D eigenvalue weighted by atomic mass is 10.1. The summed E-state index contributed by atoms with van der Waals surface area (Å²) >= 11 is 3.20. The minimum Gasteiger partial charge on any atom is -0.263 e. The van der Waals surface area contributed by atoms with Gasteiger partial charge in [-0.25, -0.2) is 13.4 Å². The third-order valence-electron chi connectivity index (χ3n) is 2.74. The summed E-state index contributed by atoms with van der Waals surface area (Å²) in [5.41, 5.74) is 1.99. The molecule has 0 unspecified atom stereocenters. The van der Waals surface area contributed by atoms with Gasteiger partial charge in [0.25, 0.3) is 10.0 Å². The van der Waals surface area contributed by atoms with Crippen LogP contribution in [0.3, 0.4) is 0 Å².